The van der Waals surface area contributed by atoms with Crippen LogP contribution in [0.4, 0.5) is 10.5 Å². The second-order valence-electron chi connectivity index (χ2n) is 7.12. The lowest BCUT2D eigenvalue weighted by molar-refractivity contribution is 0.00609. The third-order valence-corrected chi connectivity index (χ3v) is 6.05. The van der Waals surface area contributed by atoms with Gasteiger partial charge in [0, 0.05) is 29.9 Å². The summed E-state index contributed by atoms with van der Waals surface area (Å²) in [6, 6.07) is 15.9. The Morgan fingerprint density at radius 3 is 2.59 bits per heavy atom. The van der Waals surface area contributed by atoms with E-state index in [0.717, 1.165) is 34.3 Å². The highest BCUT2D eigenvalue weighted by Crippen LogP contribution is 2.39. The molecule has 1 spiro atoms. The van der Waals surface area contributed by atoms with Gasteiger partial charge in [0.1, 0.15) is 5.75 Å². The van der Waals surface area contributed by atoms with Crippen molar-refractivity contribution in [3.05, 3.63) is 58.6 Å². The van der Waals surface area contributed by atoms with Crippen LogP contribution in [-0.2, 0) is 11.3 Å². The van der Waals surface area contributed by atoms with Crippen LogP contribution < -0.4 is 9.64 Å². The van der Waals surface area contributed by atoms with Crippen LogP contribution in [0.5, 0.6) is 5.75 Å². The number of ether oxygens (including phenoxy) is 2. The number of hydrogen-bond donors (Lipinski definition) is 0. The first-order valence-electron chi connectivity index (χ1n) is 9.17. The van der Waals surface area contributed by atoms with Gasteiger partial charge in [0.05, 0.1) is 19.2 Å². The Balaban J connectivity index is 1.65. The Hall–Kier alpha value is -2.05. The number of urea groups is 1. The number of nitrogens with zero attached hydrogens (tertiary/aromatic N) is 2. The van der Waals surface area contributed by atoms with E-state index in [1.54, 1.807) is 7.11 Å². The molecular weight excluding hydrogens is 408 g/mol. The SMILES string of the molecule is COc1cccc(CN2C(=O)N(c3ccc(Br)cc3)CC23CCOCC3)c1. The molecule has 4 rings (SSSR count). The molecule has 27 heavy (non-hydrogen) atoms. The zero-order valence-corrected chi connectivity index (χ0v) is 16.9. The van der Waals surface area contributed by atoms with Gasteiger partial charge in [0.25, 0.3) is 0 Å². The summed E-state index contributed by atoms with van der Waals surface area (Å²) in [6.07, 6.45) is 1.71. The molecule has 2 aromatic rings. The fourth-order valence-electron chi connectivity index (χ4n) is 3.99. The number of anilines is 1. The molecule has 2 heterocycles. The van der Waals surface area contributed by atoms with Gasteiger partial charge in [-0.25, -0.2) is 4.79 Å². The molecule has 0 N–H and O–H groups in total. The van der Waals surface area contributed by atoms with Crippen LogP contribution in [-0.4, -0.2) is 43.3 Å². The number of carbonyl (C=O) groups excluding carboxylic acids is 1. The molecule has 2 saturated heterocycles. The molecule has 6 heteroatoms. The van der Waals surface area contributed by atoms with Crippen molar-refractivity contribution in [1.82, 2.24) is 4.90 Å². The number of amides is 2. The van der Waals surface area contributed by atoms with E-state index in [9.17, 15) is 4.79 Å². The second-order valence-corrected chi connectivity index (χ2v) is 8.04. The molecule has 0 aromatic heterocycles. The fourth-order valence-corrected chi connectivity index (χ4v) is 4.25. The number of rotatable bonds is 4. The smallest absolute Gasteiger partial charge is 0.325 e. The maximum Gasteiger partial charge on any atom is 0.325 e. The van der Waals surface area contributed by atoms with Crippen LogP contribution in [0.25, 0.3) is 0 Å². The fraction of sp³-hybridized carbons (Fsp3) is 0.381. The lowest BCUT2D eigenvalue weighted by Crippen LogP contribution is -2.50. The van der Waals surface area contributed by atoms with E-state index in [-0.39, 0.29) is 11.6 Å². The van der Waals surface area contributed by atoms with Gasteiger partial charge in [-0.15, -0.1) is 0 Å². The minimum atomic E-state index is -0.189. The zero-order chi connectivity index (χ0) is 18.9. The van der Waals surface area contributed by atoms with Gasteiger partial charge in [-0.05, 0) is 54.8 Å². The van der Waals surface area contributed by atoms with Crippen molar-refractivity contribution in [2.75, 3.05) is 31.8 Å². The largest absolute Gasteiger partial charge is 0.497 e. The first kappa shape index (κ1) is 18.3. The number of carbonyl (C=O) groups is 1. The summed E-state index contributed by atoms with van der Waals surface area (Å²) in [5.41, 5.74) is 1.82. The zero-order valence-electron chi connectivity index (χ0n) is 15.4. The Kier molecular flexibility index (Phi) is 5.10. The van der Waals surface area contributed by atoms with Crippen molar-refractivity contribution in [1.29, 1.82) is 0 Å². The van der Waals surface area contributed by atoms with Gasteiger partial charge in [-0.3, -0.25) is 4.90 Å². The predicted molar refractivity (Wildman–Crippen MR) is 108 cm³/mol. The molecule has 0 bridgehead atoms. The Bertz CT molecular complexity index is 818. The molecule has 0 unspecified atom stereocenters. The normalized spacial score (nSPS) is 19.0. The minimum absolute atomic E-state index is 0.0574. The Morgan fingerprint density at radius 1 is 1.15 bits per heavy atom. The van der Waals surface area contributed by atoms with Crippen molar-refractivity contribution in [3.63, 3.8) is 0 Å². The number of hydrogen-bond acceptors (Lipinski definition) is 3. The van der Waals surface area contributed by atoms with Gasteiger partial charge >= 0.3 is 6.03 Å². The molecule has 0 radical (unpaired) electrons. The average molecular weight is 431 g/mol. The van der Waals surface area contributed by atoms with Gasteiger partial charge in [0.2, 0.25) is 0 Å². The van der Waals surface area contributed by atoms with Gasteiger partial charge in [-0.2, -0.15) is 0 Å². The highest BCUT2D eigenvalue weighted by molar-refractivity contribution is 9.10. The van der Waals surface area contributed by atoms with Crippen LogP contribution in [0, 0.1) is 0 Å². The second kappa shape index (κ2) is 7.52. The molecule has 142 valence electrons. The monoisotopic (exact) mass is 430 g/mol. The van der Waals surface area contributed by atoms with Crippen molar-refractivity contribution >= 4 is 27.6 Å². The quantitative estimate of drug-likeness (QED) is 0.719. The van der Waals surface area contributed by atoms with Crippen molar-refractivity contribution in [3.8, 4) is 5.75 Å². The molecule has 2 fully saturated rings. The maximum atomic E-state index is 13.4. The molecule has 0 saturated carbocycles. The van der Waals surface area contributed by atoms with Crippen molar-refractivity contribution < 1.29 is 14.3 Å². The molecule has 5 nitrogen and oxygen atoms in total. The van der Waals surface area contributed by atoms with E-state index in [1.807, 2.05) is 58.3 Å². The third kappa shape index (κ3) is 3.56. The van der Waals surface area contributed by atoms with Gasteiger partial charge in [0.15, 0.2) is 0 Å². The lowest BCUT2D eigenvalue weighted by Gasteiger charge is -2.40. The van der Waals surface area contributed by atoms with E-state index in [4.69, 9.17) is 9.47 Å². The topological polar surface area (TPSA) is 42.0 Å². The average Bonchev–Trinajstić information content (AvgIpc) is 2.95. The predicted octanol–water partition coefficient (Wildman–Crippen LogP) is 4.45. The van der Waals surface area contributed by atoms with E-state index in [0.29, 0.717) is 26.3 Å². The van der Waals surface area contributed by atoms with E-state index < -0.39 is 0 Å². The first-order chi connectivity index (χ1) is 13.1. The molecule has 2 aromatic carbocycles. The van der Waals surface area contributed by atoms with Crippen LogP contribution in [0.3, 0.4) is 0 Å². The van der Waals surface area contributed by atoms with Crippen molar-refractivity contribution in [2.45, 2.75) is 24.9 Å². The highest BCUT2D eigenvalue weighted by Gasteiger charge is 2.50. The van der Waals surface area contributed by atoms with Crippen LogP contribution in [0.1, 0.15) is 18.4 Å². The van der Waals surface area contributed by atoms with Crippen LogP contribution >= 0.6 is 15.9 Å². The van der Waals surface area contributed by atoms with E-state index >= 15 is 0 Å². The number of benzene rings is 2. The maximum absolute atomic E-state index is 13.4. The molecule has 0 atom stereocenters. The summed E-state index contributed by atoms with van der Waals surface area (Å²) in [7, 11) is 1.66. The highest BCUT2D eigenvalue weighted by atomic mass is 79.9. The first-order valence-corrected chi connectivity index (χ1v) is 9.96. The van der Waals surface area contributed by atoms with E-state index in [2.05, 4.69) is 15.9 Å². The summed E-state index contributed by atoms with van der Waals surface area (Å²) >= 11 is 3.47. The molecular formula is C21H23BrN2O3. The molecule has 0 aliphatic carbocycles. The molecule has 2 aliphatic heterocycles. The van der Waals surface area contributed by atoms with Gasteiger partial charge < -0.3 is 14.4 Å². The molecule has 2 aliphatic rings. The molecule has 2 amide bonds. The van der Waals surface area contributed by atoms with Crippen LogP contribution in [0.2, 0.25) is 0 Å². The van der Waals surface area contributed by atoms with Gasteiger partial charge in [-0.1, -0.05) is 28.1 Å². The summed E-state index contributed by atoms with van der Waals surface area (Å²) in [6.45, 7) is 2.65. The van der Waals surface area contributed by atoms with Crippen LogP contribution in [0.15, 0.2) is 53.0 Å². The summed E-state index contributed by atoms with van der Waals surface area (Å²) in [4.78, 5) is 17.3. The minimum Gasteiger partial charge on any atom is -0.497 e. The van der Waals surface area contributed by atoms with E-state index in [1.165, 1.54) is 0 Å². The summed E-state index contributed by atoms with van der Waals surface area (Å²) in [5, 5.41) is 0. The Morgan fingerprint density at radius 2 is 1.89 bits per heavy atom. The van der Waals surface area contributed by atoms with Crippen molar-refractivity contribution in [2.24, 2.45) is 0 Å². The number of halogens is 1. The number of methoxy groups -OCH3 is 1. The third-order valence-electron chi connectivity index (χ3n) is 5.52. The summed E-state index contributed by atoms with van der Waals surface area (Å²) in [5.74, 6) is 0.810. The summed E-state index contributed by atoms with van der Waals surface area (Å²) < 4.78 is 12.0. The Labute approximate surface area is 168 Å². The standard InChI is InChI=1S/C21H23BrN2O3/c1-26-19-4-2-3-16(13-19)14-24-20(25)23(18-7-5-17(22)6-8-18)15-21(24)9-11-27-12-10-21/h2-8,13H,9-12,14-15H2,1H3. The lowest BCUT2D eigenvalue weighted by atomic mass is 9.89.